The highest BCUT2D eigenvalue weighted by Crippen LogP contribution is 2.32. The van der Waals surface area contributed by atoms with E-state index in [9.17, 15) is 0 Å². The van der Waals surface area contributed by atoms with Crippen molar-refractivity contribution in [2.45, 2.75) is 26.8 Å². The van der Waals surface area contributed by atoms with Crippen LogP contribution in [0.5, 0.6) is 0 Å². The van der Waals surface area contributed by atoms with Crippen molar-refractivity contribution < 1.29 is 0 Å². The van der Waals surface area contributed by atoms with Crippen molar-refractivity contribution in [3.8, 4) is 0 Å². The molecule has 3 heteroatoms. The smallest absolute Gasteiger partial charge is 0.0671 e. The Hall–Kier alpha value is -0.640. The number of hydrogen-bond donors (Lipinski definition) is 1. The lowest BCUT2D eigenvalue weighted by Crippen LogP contribution is -2.17. The van der Waals surface area contributed by atoms with Gasteiger partial charge in [-0.05, 0) is 56.6 Å². The second-order valence-electron chi connectivity index (χ2n) is 4.63. The van der Waals surface area contributed by atoms with Gasteiger partial charge in [0.05, 0.1) is 6.04 Å². The third-order valence-corrected chi connectivity index (χ3v) is 5.25. The highest BCUT2D eigenvalue weighted by atomic mass is 79.9. The largest absolute Gasteiger partial charge is 0.309 e. The van der Waals surface area contributed by atoms with E-state index in [2.05, 4.69) is 66.3 Å². The van der Waals surface area contributed by atoms with Crippen LogP contribution in [0.25, 0.3) is 0 Å². The molecule has 1 N–H and O–H groups in total. The van der Waals surface area contributed by atoms with E-state index in [4.69, 9.17) is 0 Å². The molecular weight excluding hydrogens is 306 g/mol. The minimum Gasteiger partial charge on any atom is -0.309 e. The van der Waals surface area contributed by atoms with Crippen LogP contribution in [0, 0.1) is 20.8 Å². The number of rotatable bonds is 3. The fraction of sp³-hybridized carbons (Fsp3) is 0.333. The van der Waals surface area contributed by atoms with E-state index in [1.54, 1.807) is 0 Å². The van der Waals surface area contributed by atoms with Crippen LogP contribution < -0.4 is 5.32 Å². The van der Waals surface area contributed by atoms with Crippen LogP contribution in [-0.4, -0.2) is 7.05 Å². The van der Waals surface area contributed by atoms with Crippen LogP contribution in [0.4, 0.5) is 0 Å². The maximum absolute atomic E-state index is 3.56. The third kappa shape index (κ3) is 2.68. The summed E-state index contributed by atoms with van der Waals surface area (Å²) >= 11 is 5.44. The lowest BCUT2D eigenvalue weighted by molar-refractivity contribution is 0.699. The summed E-state index contributed by atoms with van der Waals surface area (Å²) in [6, 6.07) is 9.11. The molecule has 18 heavy (non-hydrogen) atoms. The first kappa shape index (κ1) is 13.8. The van der Waals surface area contributed by atoms with E-state index in [-0.39, 0.29) is 6.04 Å². The Kier molecular flexibility index (Phi) is 4.25. The number of benzene rings is 1. The Bertz CT molecular complexity index is 560. The minimum atomic E-state index is 0.287. The minimum absolute atomic E-state index is 0.287. The standard InChI is InChI=1S/C15H18BrNS/c1-9-8-12(5-6-13(9)16)14(17-4)15-10(2)7-11(3)18-15/h5-8,14,17H,1-4H3. The topological polar surface area (TPSA) is 12.0 Å². The Balaban J connectivity index is 2.45. The molecule has 1 unspecified atom stereocenters. The molecule has 2 rings (SSSR count). The van der Waals surface area contributed by atoms with E-state index < -0.39 is 0 Å². The Morgan fingerprint density at radius 2 is 1.83 bits per heavy atom. The summed E-state index contributed by atoms with van der Waals surface area (Å²) in [7, 11) is 2.02. The summed E-state index contributed by atoms with van der Waals surface area (Å²) in [6.45, 7) is 6.49. The SMILES string of the molecule is CNC(c1ccc(Br)c(C)c1)c1sc(C)cc1C. The summed E-state index contributed by atoms with van der Waals surface area (Å²) in [4.78, 5) is 2.79. The predicted molar refractivity (Wildman–Crippen MR) is 83.6 cm³/mol. The number of aryl methyl sites for hydroxylation is 3. The van der Waals surface area contributed by atoms with Gasteiger partial charge in [-0.3, -0.25) is 0 Å². The van der Waals surface area contributed by atoms with Gasteiger partial charge in [-0.15, -0.1) is 11.3 Å². The van der Waals surface area contributed by atoms with E-state index in [0.29, 0.717) is 0 Å². The molecule has 1 heterocycles. The molecule has 0 radical (unpaired) electrons. The molecule has 0 bridgehead atoms. The van der Waals surface area contributed by atoms with Gasteiger partial charge in [-0.2, -0.15) is 0 Å². The number of thiophene rings is 1. The Labute approximate surface area is 121 Å². The van der Waals surface area contributed by atoms with Gasteiger partial charge in [0.1, 0.15) is 0 Å². The van der Waals surface area contributed by atoms with Gasteiger partial charge in [0, 0.05) is 14.2 Å². The van der Waals surface area contributed by atoms with Crippen LogP contribution in [-0.2, 0) is 0 Å². The quantitative estimate of drug-likeness (QED) is 0.859. The van der Waals surface area contributed by atoms with Gasteiger partial charge >= 0.3 is 0 Å². The van der Waals surface area contributed by atoms with Crippen molar-refractivity contribution >= 4 is 27.3 Å². The van der Waals surface area contributed by atoms with Crippen molar-refractivity contribution in [3.63, 3.8) is 0 Å². The highest BCUT2D eigenvalue weighted by molar-refractivity contribution is 9.10. The van der Waals surface area contributed by atoms with Gasteiger partial charge in [-0.25, -0.2) is 0 Å². The molecule has 0 aliphatic rings. The Morgan fingerprint density at radius 3 is 2.33 bits per heavy atom. The van der Waals surface area contributed by atoms with Crippen molar-refractivity contribution in [2.24, 2.45) is 0 Å². The fourth-order valence-electron chi connectivity index (χ4n) is 2.24. The van der Waals surface area contributed by atoms with Crippen LogP contribution in [0.3, 0.4) is 0 Å². The van der Waals surface area contributed by atoms with Gasteiger partial charge in [-0.1, -0.05) is 28.1 Å². The van der Waals surface area contributed by atoms with Gasteiger partial charge in [0.2, 0.25) is 0 Å². The third-order valence-electron chi connectivity index (χ3n) is 3.15. The second-order valence-corrected chi connectivity index (χ2v) is 6.78. The predicted octanol–water partition coefficient (Wildman–Crippen LogP) is 4.74. The zero-order chi connectivity index (χ0) is 13.3. The number of hydrogen-bond acceptors (Lipinski definition) is 2. The lowest BCUT2D eigenvalue weighted by atomic mass is 10.0. The summed E-state index contributed by atoms with van der Waals surface area (Å²) < 4.78 is 1.17. The van der Waals surface area contributed by atoms with E-state index in [1.165, 1.54) is 30.9 Å². The average molecular weight is 324 g/mol. The van der Waals surface area contributed by atoms with Gasteiger partial charge < -0.3 is 5.32 Å². The van der Waals surface area contributed by atoms with Crippen LogP contribution >= 0.6 is 27.3 Å². The fourth-order valence-corrected chi connectivity index (χ4v) is 3.66. The van der Waals surface area contributed by atoms with E-state index in [0.717, 1.165) is 0 Å². The first-order chi connectivity index (χ1) is 8.52. The second kappa shape index (κ2) is 5.55. The molecule has 0 aliphatic carbocycles. The molecule has 96 valence electrons. The maximum atomic E-state index is 3.56. The van der Waals surface area contributed by atoms with Gasteiger partial charge in [0.25, 0.3) is 0 Å². The molecule has 1 nitrogen and oxygen atoms in total. The molecule has 0 fully saturated rings. The monoisotopic (exact) mass is 323 g/mol. The van der Waals surface area contributed by atoms with Gasteiger partial charge in [0.15, 0.2) is 0 Å². The molecule has 0 saturated heterocycles. The zero-order valence-electron chi connectivity index (χ0n) is 11.2. The van der Waals surface area contributed by atoms with Crippen molar-refractivity contribution in [1.82, 2.24) is 5.32 Å². The average Bonchev–Trinajstić information content (AvgIpc) is 2.64. The molecule has 1 aromatic heterocycles. The normalized spacial score (nSPS) is 12.7. The molecule has 2 aromatic rings. The Morgan fingerprint density at radius 1 is 1.11 bits per heavy atom. The molecule has 1 aromatic carbocycles. The molecule has 0 aliphatic heterocycles. The number of halogens is 1. The van der Waals surface area contributed by atoms with Crippen molar-refractivity contribution in [1.29, 1.82) is 0 Å². The highest BCUT2D eigenvalue weighted by Gasteiger charge is 2.17. The summed E-state index contributed by atoms with van der Waals surface area (Å²) in [5.74, 6) is 0. The zero-order valence-corrected chi connectivity index (χ0v) is 13.6. The van der Waals surface area contributed by atoms with Crippen LogP contribution in [0.1, 0.15) is 32.5 Å². The maximum Gasteiger partial charge on any atom is 0.0671 e. The van der Waals surface area contributed by atoms with Crippen molar-refractivity contribution in [3.05, 3.63) is 55.2 Å². The van der Waals surface area contributed by atoms with E-state index in [1.807, 2.05) is 18.4 Å². The summed E-state index contributed by atoms with van der Waals surface area (Å²) in [5.41, 5.74) is 3.97. The molecule has 0 amide bonds. The molecular formula is C15H18BrNS. The molecule has 0 spiro atoms. The van der Waals surface area contributed by atoms with Crippen LogP contribution in [0.2, 0.25) is 0 Å². The van der Waals surface area contributed by atoms with Crippen LogP contribution in [0.15, 0.2) is 28.7 Å². The first-order valence-electron chi connectivity index (χ1n) is 6.03. The first-order valence-corrected chi connectivity index (χ1v) is 7.64. The number of nitrogens with one attached hydrogen (secondary N) is 1. The summed E-state index contributed by atoms with van der Waals surface area (Å²) in [6.07, 6.45) is 0. The van der Waals surface area contributed by atoms with Crippen molar-refractivity contribution in [2.75, 3.05) is 7.05 Å². The van der Waals surface area contributed by atoms with E-state index >= 15 is 0 Å². The summed E-state index contributed by atoms with van der Waals surface area (Å²) in [5, 5.41) is 3.43. The molecule has 1 atom stereocenters. The lowest BCUT2D eigenvalue weighted by Gasteiger charge is -2.17. The molecule has 0 saturated carbocycles.